The summed E-state index contributed by atoms with van der Waals surface area (Å²) in [5, 5.41) is 3.12. The van der Waals surface area contributed by atoms with Crippen molar-refractivity contribution in [3.63, 3.8) is 0 Å². The predicted molar refractivity (Wildman–Crippen MR) is 119 cm³/mol. The molecular formula is C25H30N2O4. The molecule has 2 heterocycles. The van der Waals surface area contributed by atoms with Crippen LogP contribution in [0.25, 0.3) is 0 Å². The number of carbonyl (C=O) groups excluding carboxylic acids is 2. The van der Waals surface area contributed by atoms with Crippen molar-refractivity contribution in [2.75, 3.05) is 27.3 Å². The minimum atomic E-state index is -0.474. The molecule has 0 aromatic heterocycles. The summed E-state index contributed by atoms with van der Waals surface area (Å²) in [6.07, 6.45) is 1.62. The van der Waals surface area contributed by atoms with Crippen molar-refractivity contribution < 1.29 is 19.1 Å². The van der Waals surface area contributed by atoms with E-state index in [0.717, 1.165) is 23.1 Å². The lowest BCUT2D eigenvalue weighted by Gasteiger charge is -2.45. The summed E-state index contributed by atoms with van der Waals surface area (Å²) in [6, 6.07) is 11.0. The summed E-state index contributed by atoms with van der Waals surface area (Å²) in [4.78, 5) is 28.7. The Bertz CT molecular complexity index is 1000. The van der Waals surface area contributed by atoms with Crippen LogP contribution >= 0.6 is 0 Å². The van der Waals surface area contributed by atoms with Crippen LogP contribution in [0.3, 0.4) is 0 Å². The molecule has 1 N–H and O–H groups in total. The predicted octanol–water partition coefficient (Wildman–Crippen LogP) is 3.70. The quantitative estimate of drug-likeness (QED) is 0.771. The van der Waals surface area contributed by atoms with Crippen LogP contribution in [0, 0.1) is 5.92 Å². The number of methoxy groups -OCH3 is 2. The number of carbonyl (C=O) groups is 2. The molecule has 0 spiro atoms. The van der Waals surface area contributed by atoms with Crippen molar-refractivity contribution >= 4 is 11.8 Å². The van der Waals surface area contributed by atoms with Crippen LogP contribution in [0.4, 0.5) is 0 Å². The van der Waals surface area contributed by atoms with E-state index in [1.54, 1.807) is 14.2 Å². The van der Waals surface area contributed by atoms with Crippen LogP contribution in [-0.4, -0.2) is 44.0 Å². The third-order valence-electron chi connectivity index (χ3n) is 6.33. The fourth-order valence-electron chi connectivity index (χ4n) is 4.73. The van der Waals surface area contributed by atoms with E-state index in [-0.39, 0.29) is 17.9 Å². The molecule has 4 rings (SSSR count). The maximum Gasteiger partial charge on any atom is 0.254 e. The van der Waals surface area contributed by atoms with Crippen LogP contribution in [0.2, 0.25) is 0 Å². The molecule has 0 bridgehead atoms. The monoisotopic (exact) mass is 422 g/mol. The third kappa shape index (κ3) is 3.75. The van der Waals surface area contributed by atoms with Crippen molar-refractivity contribution in [1.29, 1.82) is 0 Å². The Kier molecular flexibility index (Phi) is 5.90. The summed E-state index contributed by atoms with van der Waals surface area (Å²) < 4.78 is 11.0. The average Bonchev–Trinajstić information content (AvgIpc) is 2.77. The zero-order valence-corrected chi connectivity index (χ0v) is 18.6. The van der Waals surface area contributed by atoms with Gasteiger partial charge in [-0.15, -0.1) is 0 Å². The lowest BCUT2D eigenvalue weighted by molar-refractivity contribution is -0.124. The van der Waals surface area contributed by atoms with Crippen LogP contribution in [0.1, 0.15) is 59.3 Å². The second-order valence-corrected chi connectivity index (χ2v) is 8.64. The van der Waals surface area contributed by atoms with Gasteiger partial charge in [-0.1, -0.05) is 32.0 Å². The zero-order valence-electron chi connectivity index (χ0n) is 18.6. The molecule has 164 valence electrons. The second kappa shape index (κ2) is 8.61. The molecule has 2 amide bonds. The Balaban J connectivity index is 1.81. The summed E-state index contributed by atoms with van der Waals surface area (Å²) in [7, 11) is 3.22. The van der Waals surface area contributed by atoms with Gasteiger partial charge in [0.05, 0.1) is 26.2 Å². The van der Waals surface area contributed by atoms with E-state index in [1.165, 1.54) is 0 Å². The molecule has 6 heteroatoms. The van der Waals surface area contributed by atoms with Crippen molar-refractivity contribution in [3.8, 4) is 11.5 Å². The van der Waals surface area contributed by atoms with Crippen molar-refractivity contribution in [2.45, 2.75) is 38.6 Å². The highest BCUT2D eigenvalue weighted by atomic mass is 16.5. The van der Waals surface area contributed by atoms with Gasteiger partial charge in [-0.3, -0.25) is 9.59 Å². The first kappa shape index (κ1) is 21.2. The van der Waals surface area contributed by atoms with Crippen LogP contribution in [-0.2, 0) is 11.2 Å². The van der Waals surface area contributed by atoms with Gasteiger partial charge < -0.3 is 19.7 Å². The molecule has 2 aromatic rings. The topological polar surface area (TPSA) is 67.9 Å². The first-order chi connectivity index (χ1) is 15.0. The van der Waals surface area contributed by atoms with Gasteiger partial charge in [0.15, 0.2) is 11.5 Å². The van der Waals surface area contributed by atoms with Gasteiger partial charge in [0, 0.05) is 18.7 Å². The van der Waals surface area contributed by atoms with Gasteiger partial charge in [-0.2, -0.15) is 0 Å². The minimum absolute atomic E-state index is 0.0211. The van der Waals surface area contributed by atoms with Gasteiger partial charge >= 0.3 is 0 Å². The number of fused-ring (bicyclic) bond motifs is 4. The summed E-state index contributed by atoms with van der Waals surface area (Å²) >= 11 is 0. The number of hydrogen-bond donors (Lipinski definition) is 1. The zero-order chi connectivity index (χ0) is 22.1. The number of rotatable bonds is 6. The largest absolute Gasteiger partial charge is 0.493 e. The van der Waals surface area contributed by atoms with Gasteiger partial charge in [-0.25, -0.2) is 0 Å². The Morgan fingerprint density at radius 1 is 1.13 bits per heavy atom. The molecule has 2 aliphatic rings. The SMILES string of the molecule is COc1cc2c(cc1OC)[C@H]1[C@@H](C(=O)NCCC(C)C)c3ccccc3C(=O)N1CC2. The molecule has 0 fully saturated rings. The smallest absolute Gasteiger partial charge is 0.254 e. The molecule has 2 aliphatic heterocycles. The molecule has 0 radical (unpaired) electrons. The van der Waals surface area contributed by atoms with E-state index in [1.807, 2.05) is 41.3 Å². The number of benzene rings is 2. The van der Waals surface area contributed by atoms with E-state index in [4.69, 9.17) is 9.47 Å². The normalized spacial score (nSPS) is 19.4. The fourth-order valence-corrected chi connectivity index (χ4v) is 4.73. The average molecular weight is 423 g/mol. The van der Waals surface area contributed by atoms with Crippen LogP contribution in [0.15, 0.2) is 36.4 Å². The number of ether oxygens (including phenoxy) is 2. The van der Waals surface area contributed by atoms with Crippen molar-refractivity contribution in [2.24, 2.45) is 5.92 Å². The molecule has 2 aromatic carbocycles. The molecule has 31 heavy (non-hydrogen) atoms. The standard InChI is InChI=1S/C25H30N2O4/c1-15(2)9-11-26-24(28)22-17-7-5-6-8-18(17)25(29)27-12-10-16-13-20(30-3)21(31-4)14-19(16)23(22)27/h5-8,13-15,22-23H,9-12H2,1-4H3,(H,26,28)/t22-,23-/m0/s1. The lowest BCUT2D eigenvalue weighted by atomic mass is 9.75. The number of nitrogens with one attached hydrogen (secondary N) is 1. The molecule has 6 nitrogen and oxygen atoms in total. The van der Waals surface area contributed by atoms with Crippen LogP contribution in [0.5, 0.6) is 11.5 Å². The number of amides is 2. The van der Waals surface area contributed by atoms with Gasteiger partial charge in [0.25, 0.3) is 5.91 Å². The molecule has 0 saturated carbocycles. The van der Waals surface area contributed by atoms with E-state index in [2.05, 4.69) is 19.2 Å². The Morgan fingerprint density at radius 2 is 1.84 bits per heavy atom. The highest BCUT2D eigenvalue weighted by molar-refractivity contribution is 6.01. The van der Waals surface area contributed by atoms with Gasteiger partial charge in [0.1, 0.15) is 0 Å². The Hall–Kier alpha value is -3.02. The van der Waals surface area contributed by atoms with Crippen molar-refractivity contribution in [3.05, 3.63) is 58.7 Å². The maximum atomic E-state index is 13.5. The first-order valence-corrected chi connectivity index (χ1v) is 10.9. The van der Waals surface area contributed by atoms with E-state index >= 15 is 0 Å². The van der Waals surface area contributed by atoms with E-state index in [0.29, 0.717) is 42.5 Å². The van der Waals surface area contributed by atoms with Crippen LogP contribution < -0.4 is 14.8 Å². The summed E-state index contributed by atoms with van der Waals surface area (Å²) in [5.41, 5.74) is 3.45. The van der Waals surface area contributed by atoms with Crippen molar-refractivity contribution in [1.82, 2.24) is 10.2 Å². The Labute approximate surface area is 183 Å². The molecule has 0 unspecified atom stereocenters. The number of hydrogen-bond acceptors (Lipinski definition) is 4. The third-order valence-corrected chi connectivity index (χ3v) is 6.33. The molecular weight excluding hydrogens is 392 g/mol. The Morgan fingerprint density at radius 3 is 2.55 bits per heavy atom. The molecule has 2 atom stereocenters. The lowest BCUT2D eigenvalue weighted by Crippen LogP contribution is -2.50. The molecule has 0 saturated heterocycles. The number of nitrogens with zero attached hydrogens (tertiary/aromatic N) is 1. The minimum Gasteiger partial charge on any atom is -0.493 e. The van der Waals surface area contributed by atoms with Gasteiger partial charge in [0.2, 0.25) is 5.91 Å². The highest BCUT2D eigenvalue weighted by Crippen LogP contribution is 2.48. The maximum absolute atomic E-state index is 13.5. The summed E-state index contributed by atoms with van der Waals surface area (Å²) in [6.45, 7) is 5.46. The highest BCUT2D eigenvalue weighted by Gasteiger charge is 2.46. The second-order valence-electron chi connectivity index (χ2n) is 8.64. The van der Waals surface area contributed by atoms with E-state index in [9.17, 15) is 9.59 Å². The fraction of sp³-hybridized carbons (Fsp3) is 0.440. The first-order valence-electron chi connectivity index (χ1n) is 10.9. The summed E-state index contributed by atoms with van der Waals surface area (Å²) in [5.74, 6) is 1.23. The van der Waals surface area contributed by atoms with E-state index < -0.39 is 5.92 Å². The molecule has 0 aliphatic carbocycles. The van der Waals surface area contributed by atoms with Gasteiger partial charge in [-0.05, 0) is 53.6 Å².